The topological polar surface area (TPSA) is 81.4 Å². The van der Waals surface area contributed by atoms with E-state index in [4.69, 9.17) is 22.7 Å². The van der Waals surface area contributed by atoms with Crippen LogP contribution >= 0.6 is 12.2 Å². The van der Waals surface area contributed by atoms with Crippen molar-refractivity contribution in [2.45, 2.75) is 6.92 Å². The van der Waals surface area contributed by atoms with Crippen LogP contribution in [0.4, 0.5) is 5.69 Å². The predicted octanol–water partition coefficient (Wildman–Crippen LogP) is 1.09. The molecule has 0 spiro atoms. The number of anilines is 1. The average molecular weight is 274 g/mol. The molecule has 94 valence electrons. The first-order valence-electron chi connectivity index (χ1n) is 4.88. The molecule has 0 aliphatic rings. The van der Waals surface area contributed by atoms with Crippen molar-refractivity contribution in [2.75, 3.05) is 17.6 Å². The van der Waals surface area contributed by atoms with E-state index in [1.807, 2.05) is 0 Å². The minimum Gasteiger partial charge on any atom is -0.495 e. The molecule has 0 saturated heterocycles. The summed E-state index contributed by atoms with van der Waals surface area (Å²) in [7, 11) is -1.96. The van der Waals surface area contributed by atoms with E-state index in [-0.39, 0.29) is 16.4 Å². The Kier molecular flexibility index (Phi) is 4.30. The quantitative estimate of drug-likeness (QED) is 0.786. The molecular weight excluding hydrogens is 260 g/mol. The molecule has 0 atom stereocenters. The highest BCUT2D eigenvalue weighted by molar-refractivity contribution is 7.92. The van der Waals surface area contributed by atoms with Crippen LogP contribution in [-0.2, 0) is 10.0 Å². The van der Waals surface area contributed by atoms with Crippen LogP contribution in [0.3, 0.4) is 0 Å². The molecule has 0 bridgehead atoms. The number of benzene rings is 1. The standard InChI is InChI=1S/C10H14N2O3S2/c1-3-17(13,14)12-9-7(10(11)16)5-4-6-8(9)15-2/h4-6,12H,3H2,1-2H3,(H2,11,16). The molecule has 0 heterocycles. The third-order valence-corrected chi connectivity index (χ3v) is 3.64. The van der Waals surface area contributed by atoms with Crippen LogP contribution in [0.15, 0.2) is 18.2 Å². The second kappa shape index (κ2) is 5.33. The Bertz CT molecular complexity index is 526. The van der Waals surface area contributed by atoms with Gasteiger partial charge in [0.25, 0.3) is 0 Å². The summed E-state index contributed by atoms with van der Waals surface area (Å²) < 4.78 is 30.6. The Morgan fingerprint density at radius 3 is 2.65 bits per heavy atom. The molecule has 7 heteroatoms. The van der Waals surface area contributed by atoms with Gasteiger partial charge in [0.05, 0.1) is 12.9 Å². The lowest BCUT2D eigenvalue weighted by atomic mass is 10.1. The lowest BCUT2D eigenvalue weighted by molar-refractivity contribution is 0.417. The van der Waals surface area contributed by atoms with Gasteiger partial charge in [0.15, 0.2) is 0 Å². The van der Waals surface area contributed by atoms with E-state index in [0.29, 0.717) is 11.3 Å². The fourth-order valence-corrected chi connectivity index (χ4v) is 2.08. The van der Waals surface area contributed by atoms with Gasteiger partial charge in [0, 0.05) is 5.56 Å². The Morgan fingerprint density at radius 2 is 2.18 bits per heavy atom. The highest BCUT2D eigenvalue weighted by Gasteiger charge is 2.16. The van der Waals surface area contributed by atoms with Gasteiger partial charge >= 0.3 is 0 Å². The number of thiocarbonyl (C=S) groups is 1. The lowest BCUT2D eigenvalue weighted by Crippen LogP contribution is -2.19. The first-order valence-corrected chi connectivity index (χ1v) is 6.94. The molecular formula is C10H14N2O3S2. The normalized spacial score (nSPS) is 10.9. The van der Waals surface area contributed by atoms with Crippen molar-refractivity contribution in [3.05, 3.63) is 23.8 Å². The van der Waals surface area contributed by atoms with Gasteiger partial charge in [-0.2, -0.15) is 0 Å². The van der Waals surface area contributed by atoms with Crippen molar-refractivity contribution in [2.24, 2.45) is 5.73 Å². The van der Waals surface area contributed by atoms with Gasteiger partial charge in [-0.3, -0.25) is 4.72 Å². The SMILES string of the molecule is CCS(=O)(=O)Nc1c(OC)cccc1C(N)=S. The molecule has 5 nitrogen and oxygen atoms in total. The van der Waals surface area contributed by atoms with Crippen molar-refractivity contribution in [1.29, 1.82) is 0 Å². The molecule has 0 radical (unpaired) electrons. The number of para-hydroxylation sites is 1. The molecule has 1 aromatic rings. The van der Waals surface area contributed by atoms with E-state index in [0.717, 1.165) is 0 Å². The molecule has 1 aromatic carbocycles. The summed E-state index contributed by atoms with van der Waals surface area (Å²) in [5.74, 6) is 0.342. The number of rotatable bonds is 5. The van der Waals surface area contributed by atoms with Crippen LogP contribution in [0.25, 0.3) is 0 Å². The number of methoxy groups -OCH3 is 1. The first kappa shape index (κ1) is 13.7. The van der Waals surface area contributed by atoms with Gasteiger partial charge in [0.1, 0.15) is 16.4 Å². The summed E-state index contributed by atoms with van der Waals surface area (Å²) in [5, 5.41) is 0. The summed E-state index contributed by atoms with van der Waals surface area (Å²) in [6, 6.07) is 4.96. The van der Waals surface area contributed by atoms with E-state index in [1.165, 1.54) is 14.0 Å². The zero-order chi connectivity index (χ0) is 13.1. The smallest absolute Gasteiger partial charge is 0.232 e. The summed E-state index contributed by atoms with van der Waals surface area (Å²) >= 11 is 4.87. The maximum Gasteiger partial charge on any atom is 0.232 e. The van der Waals surface area contributed by atoms with E-state index in [1.54, 1.807) is 18.2 Å². The number of nitrogens with two attached hydrogens (primary N) is 1. The van der Waals surface area contributed by atoms with E-state index in [2.05, 4.69) is 4.72 Å². The van der Waals surface area contributed by atoms with Crippen LogP contribution in [0, 0.1) is 0 Å². The van der Waals surface area contributed by atoms with Crippen LogP contribution in [0.2, 0.25) is 0 Å². The summed E-state index contributed by atoms with van der Waals surface area (Å²) in [5.41, 5.74) is 6.26. The number of nitrogens with one attached hydrogen (secondary N) is 1. The third-order valence-electron chi connectivity index (χ3n) is 2.15. The molecule has 0 amide bonds. The molecule has 0 unspecified atom stereocenters. The zero-order valence-corrected chi connectivity index (χ0v) is 11.2. The van der Waals surface area contributed by atoms with Crippen LogP contribution < -0.4 is 15.2 Å². The summed E-state index contributed by atoms with van der Waals surface area (Å²) in [6.07, 6.45) is 0. The van der Waals surface area contributed by atoms with Crippen molar-refractivity contribution in [1.82, 2.24) is 0 Å². The monoisotopic (exact) mass is 274 g/mol. The number of hydrogen-bond acceptors (Lipinski definition) is 4. The number of ether oxygens (including phenoxy) is 1. The van der Waals surface area contributed by atoms with E-state index >= 15 is 0 Å². The molecule has 0 saturated carbocycles. The molecule has 1 rings (SSSR count). The van der Waals surface area contributed by atoms with Gasteiger partial charge < -0.3 is 10.5 Å². The minimum atomic E-state index is -3.41. The van der Waals surface area contributed by atoms with E-state index < -0.39 is 10.0 Å². The maximum atomic E-state index is 11.6. The van der Waals surface area contributed by atoms with Crippen molar-refractivity contribution in [3.63, 3.8) is 0 Å². The van der Waals surface area contributed by atoms with Crippen molar-refractivity contribution in [3.8, 4) is 5.75 Å². The lowest BCUT2D eigenvalue weighted by Gasteiger charge is -2.14. The van der Waals surface area contributed by atoms with Crippen LogP contribution in [0.5, 0.6) is 5.75 Å². The van der Waals surface area contributed by atoms with Gasteiger partial charge in [-0.25, -0.2) is 8.42 Å². The van der Waals surface area contributed by atoms with Crippen molar-refractivity contribution < 1.29 is 13.2 Å². The second-order valence-corrected chi connectivity index (χ2v) is 5.70. The van der Waals surface area contributed by atoms with Gasteiger partial charge in [-0.1, -0.05) is 18.3 Å². The number of hydrogen-bond donors (Lipinski definition) is 2. The highest BCUT2D eigenvalue weighted by atomic mass is 32.2. The molecule has 0 aromatic heterocycles. The number of sulfonamides is 1. The Hall–Kier alpha value is -1.34. The fraction of sp³-hybridized carbons (Fsp3) is 0.300. The highest BCUT2D eigenvalue weighted by Crippen LogP contribution is 2.29. The van der Waals surface area contributed by atoms with Gasteiger partial charge in [0.2, 0.25) is 10.0 Å². The minimum absolute atomic E-state index is 0.0399. The Morgan fingerprint density at radius 1 is 1.53 bits per heavy atom. The van der Waals surface area contributed by atoms with Crippen LogP contribution in [-0.4, -0.2) is 26.3 Å². The molecule has 0 aliphatic heterocycles. The average Bonchev–Trinajstić information content (AvgIpc) is 2.28. The Balaban J connectivity index is 3.33. The molecule has 0 aliphatic carbocycles. The predicted molar refractivity (Wildman–Crippen MR) is 72.0 cm³/mol. The van der Waals surface area contributed by atoms with Crippen LogP contribution in [0.1, 0.15) is 12.5 Å². The molecule has 0 fully saturated rings. The third kappa shape index (κ3) is 3.31. The van der Waals surface area contributed by atoms with Crippen molar-refractivity contribution >= 4 is 32.9 Å². The molecule has 3 N–H and O–H groups in total. The van der Waals surface area contributed by atoms with E-state index in [9.17, 15) is 8.42 Å². The maximum absolute atomic E-state index is 11.6. The zero-order valence-electron chi connectivity index (χ0n) is 9.56. The first-order chi connectivity index (χ1) is 7.91. The second-order valence-electron chi connectivity index (χ2n) is 3.25. The molecule has 17 heavy (non-hydrogen) atoms. The summed E-state index contributed by atoms with van der Waals surface area (Å²) in [4.78, 5) is 0.109. The fourth-order valence-electron chi connectivity index (χ4n) is 1.24. The van der Waals surface area contributed by atoms with Gasteiger partial charge in [-0.15, -0.1) is 0 Å². The van der Waals surface area contributed by atoms with Gasteiger partial charge in [-0.05, 0) is 19.1 Å². The largest absolute Gasteiger partial charge is 0.495 e. The summed E-state index contributed by atoms with van der Waals surface area (Å²) in [6.45, 7) is 1.54. The Labute approximate surface area is 106 Å².